The molecule has 0 saturated carbocycles. The van der Waals surface area contributed by atoms with Crippen molar-refractivity contribution in [3.05, 3.63) is 58.1 Å². The van der Waals surface area contributed by atoms with E-state index in [1.807, 2.05) is 6.08 Å². The van der Waals surface area contributed by atoms with E-state index < -0.39 is 29.6 Å². The van der Waals surface area contributed by atoms with Crippen LogP contribution in [0.25, 0.3) is 0 Å². The van der Waals surface area contributed by atoms with E-state index in [2.05, 4.69) is 0 Å². The van der Waals surface area contributed by atoms with Gasteiger partial charge in [-0.25, -0.2) is 0 Å². The van der Waals surface area contributed by atoms with Gasteiger partial charge in [0.15, 0.2) is 11.6 Å². The first-order valence-corrected chi connectivity index (χ1v) is 11.7. The average Bonchev–Trinajstić information content (AvgIpc) is 3.39. The van der Waals surface area contributed by atoms with Gasteiger partial charge in [-0.05, 0) is 50.3 Å². The maximum absolute atomic E-state index is 13.4. The SMILES string of the molecule is CC1=CC(=O)C2=C(C1=O)C(c1ccc(CO)o1)C1=CCC3C(=O)N(CCCC(=O)O)C(=O)C3C1C2. The number of furan rings is 1. The number of carbonyl (C=O) groups excluding carboxylic acids is 4. The van der Waals surface area contributed by atoms with Gasteiger partial charge in [0.05, 0.1) is 17.8 Å². The average molecular weight is 479 g/mol. The number of fused-ring (bicyclic) bond motifs is 3. The van der Waals surface area contributed by atoms with E-state index in [1.54, 1.807) is 19.1 Å². The highest BCUT2D eigenvalue weighted by atomic mass is 16.4. The molecule has 2 N–H and O–H groups in total. The summed E-state index contributed by atoms with van der Waals surface area (Å²) in [5.74, 6) is -3.92. The van der Waals surface area contributed by atoms with Crippen LogP contribution in [0.3, 0.4) is 0 Å². The second-order valence-electron chi connectivity index (χ2n) is 9.52. The summed E-state index contributed by atoms with van der Waals surface area (Å²) in [5, 5.41) is 18.4. The largest absolute Gasteiger partial charge is 0.481 e. The molecule has 3 aliphatic carbocycles. The maximum Gasteiger partial charge on any atom is 0.303 e. The molecule has 9 nitrogen and oxygen atoms in total. The van der Waals surface area contributed by atoms with Crippen molar-refractivity contribution in [3.8, 4) is 0 Å². The van der Waals surface area contributed by atoms with E-state index in [9.17, 15) is 29.1 Å². The summed E-state index contributed by atoms with van der Waals surface area (Å²) >= 11 is 0. The fourth-order valence-corrected chi connectivity index (χ4v) is 6.00. The predicted octanol–water partition coefficient (Wildman–Crippen LogP) is 2.07. The first-order chi connectivity index (χ1) is 16.7. The molecule has 1 aromatic heterocycles. The highest BCUT2D eigenvalue weighted by Crippen LogP contribution is 2.55. The minimum Gasteiger partial charge on any atom is -0.481 e. The highest BCUT2D eigenvalue weighted by Gasteiger charge is 2.56. The Balaban J connectivity index is 1.56. The molecule has 0 spiro atoms. The maximum atomic E-state index is 13.4. The fourth-order valence-electron chi connectivity index (χ4n) is 6.00. The molecule has 1 aliphatic heterocycles. The van der Waals surface area contributed by atoms with Crippen LogP contribution >= 0.6 is 0 Å². The summed E-state index contributed by atoms with van der Waals surface area (Å²) in [6.07, 6.45) is 3.70. The number of hydrogen-bond donors (Lipinski definition) is 2. The Morgan fingerprint density at radius 3 is 2.60 bits per heavy atom. The number of Topliss-reactive ketones (excluding diaryl/α,β-unsaturated/α-hetero) is 1. The van der Waals surface area contributed by atoms with Gasteiger partial charge in [0.1, 0.15) is 18.1 Å². The lowest BCUT2D eigenvalue weighted by atomic mass is 9.60. The second-order valence-corrected chi connectivity index (χ2v) is 9.52. The van der Waals surface area contributed by atoms with E-state index >= 15 is 0 Å². The number of carbonyl (C=O) groups is 5. The Morgan fingerprint density at radius 2 is 1.91 bits per heavy atom. The van der Waals surface area contributed by atoms with E-state index in [0.717, 1.165) is 10.5 Å². The van der Waals surface area contributed by atoms with Crippen LogP contribution in [0.5, 0.6) is 0 Å². The molecule has 1 saturated heterocycles. The van der Waals surface area contributed by atoms with Gasteiger partial charge in [-0.2, -0.15) is 0 Å². The van der Waals surface area contributed by atoms with Gasteiger partial charge in [-0.1, -0.05) is 11.6 Å². The van der Waals surface area contributed by atoms with Crippen LogP contribution in [0.2, 0.25) is 0 Å². The van der Waals surface area contributed by atoms with Crippen molar-refractivity contribution in [1.82, 2.24) is 4.90 Å². The smallest absolute Gasteiger partial charge is 0.303 e. The minimum absolute atomic E-state index is 0.0355. The zero-order valence-electron chi connectivity index (χ0n) is 19.2. The molecular formula is C26H25NO8. The number of aliphatic carboxylic acids is 1. The van der Waals surface area contributed by atoms with Crippen molar-refractivity contribution in [2.75, 3.05) is 6.54 Å². The Morgan fingerprint density at radius 1 is 1.14 bits per heavy atom. The van der Waals surface area contributed by atoms with Crippen LogP contribution < -0.4 is 0 Å². The van der Waals surface area contributed by atoms with Crippen molar-refractivity contribution in [2.24, 2.45) is 17.8 Å². The number of nitrogens with zero attached hydrogens (tertiary/aromatic N) is 1. The van der Waals surface area contributed by atoms with Gasteiger partial charge >= 0.3 is 5.97 Å². The third-order valence-electron chi connectivity index (χ3n) is 7.55. The van der Waals surface area contributed by atoms with E-state index in [-0.39, 0.29) is 55.8 Å². The van der Waals surface area contributed by atoms with E-state index in [4.69, 9.17) is 9.52 Å². The van der Waals surface area contributed by atoms with Gasteiger partial charge in [0.2, 0.25) is 11.8 Å². The number of allylic oxidation sites excluding steroid dienone is 6. The van der Waals surface area contributed by atoms with Crippen molar-refractivity contribution >= 4 is 29.4 Å². The number of imide groups is 1. The first kappa shape index (κ1) is 23.2. The molecule has 5 rings (SSSR count). The molecule has 0 radical (unpaired) electrons. The quantitative estimate of drug-likeness (QED) is 0.359. The molecule has 9 heteroatoms. The van der Waals surface area contributed by atoms with Crippen molar-refractivity contribution < 1.29 is 38.6 Å². The van der Waals surface area contributed by atoms with Crippen molar-refractivity contribution in [1.29, 1.82) is 0 Å². The Labute approximate surface area is 200 Å². The molecule has 4 aliphatic rings. The molecule has 0 aromatic carbocycles. The van der Waals surface area contributed by atoms with Crippen LogP contribution in [0, 0.1) is 17.8 Å². The van der Waals surface area contributed by atoms with Gasteiger partial charge in [0.25, 0.3) is 0 Å². The Kier molecular flexibility index (Phi) is 5.67. The van der Waals surface area contributed by atoms with Gasteiger partial charge in [-0.15, -0.1) is 0 Å². The number of hydrogen-bond acceptors (Lipinski definition) is 7. The molecule has 0 bridgehead atoms. The topological polar surface area (TPSA) is 142 Å². The van der Waals surface area contributed by atoms with Crippen LogP contribution in [0.4, 0.5) is 0 Å². The van der Waals surface area contributed by atoms with Crippen LogP contribution in [0.1, 0.15) is 50.0 Å². The van der Waals surface area contributed by atoms with Crippen LogP contribution in [0.15, 0.2) is 51.0 Å². The zero-order valence-corrected chi connectivity index (χ0v) is 19.2. The summed E-state index contributed by atoms with van der Waals surface area (Å²) in [7, 11) is 0. The van der Waals surface area contributed by atoms with Crippen LogP contribution in [-0.2, 0) is 30.6 Å². The number of carboxylic acids is 1. The molecule has 4 atom stereocenters. The number of rotatable bonds is 6. The molecule has 2 amide bonds. The van der Waals surface area contributed by atoms with Gasteiger partial charge < -0.3 is 14.6 Å². The standard InChI is InChI=1S/C26H25NO8/c1-12-9-18(29)17-10-16-14(22(23(17)24(12)32)19-7-4-13(11-28)35-19)5-6-15-21(16)26(34)27(25(15)33)8-2-3-20(30)31/h4-5,7,9,15-16,21-22,28H,2-3,6,8,10-11H2,1H3,(H,30,31). The molecule has 2 heterocycles. The van der Waals surface area contributed by atoms with Crippen molar-refractivity contribution in [3.63, 3.8) is 0 Å². The Bertz CT molecular complexity index is 1260. The van der Waals surface area contributed by atoms with Crippen LogP contribution in [-0.4, -0.2) is 51.0 Å². The normalized spacial score (nSPS) is 28.0. The number of aliphatic hydroxyl groups excluding tert-OH is 1. The molecule has 1 fully saturated rings. The molecular weight excluding hydrogens is 454 g/mol. The number of carboxylic acid groups (broad SMARTS) is 1. The molecule has 1 aromatic rings. The van der Waals surface area contributed by atoms with E-state index in [0.29, 0.717) is 34.7 Å². The first-order valence-electron chi connectivity index (χ1n) is 11.7. The lowest BCUT2D eigenvalue weighted by molar-refractivity contribution is -0.142. The minimum atomic E-state index is -0.996. The lowest BCUT2D eigenvalue weighted by Crippen LogP contribution is -2.39. The number of likely N-dealkylation sites (tertiary alicyclic amines) is 1. The molecule has 4 unspecified atom stereocenters. The molecule has 35 heavy (non-hydrogen) atoms. The highest BCUT2D eigenvalue weighted by molar-refractivity contribution is 6.23. The monoisotopic (exact) mass is 479 g/mol. The number of aliphatic hydroxyl groups is 1. The number of ketones is 2. The third kappa shape index (κ3) is 3.61. The lowest BCUT2D eigenvalue weighted by Gasteiger charge is -2.41. The zero-order chi connectivity index (χ0) is 25.0. The van der Waals surface area contributed by atoms with Gasteiger partial charge in [-0.3, -0.25) is 28.9 Å². The summed E-state index contributed by atoms with van der Waals surface area (Å²) < 4.78 is 5.82. The molecule has 182 valence electrons. The summed E-state index contributed by atoms with van der Waals surface area (Å²) in [6.45, 7) is 1.30. The third-order valence-corrected chi connectivity index (χ3v) is 7.55. The summed E-state index contributed by atoms with van der Waals surface area (Å²) in [4.78, 5) is 64.8. The predicted molar refractivity (Wildman–Crippen MR) is 120 cm³/mol. The van der Waals surface area contributed by atoms with Gasteiger partial charge in [0, 0.05) is 29.7 Å². The van der Waals surface area contributed by atoms with E-state index in [1.165, 1.54) is 6.08 Å². The summed E-state index contributed by atoms with van der Waals surface area (Å²) in [5.41, 5.74) is 1.77. The van der Waals surface area contributed by atoms with Crippen molar-refractivity contribution in [2.45, 2.75) is 45.1 Å². The Hall–Kier alpha value is -3.59. The summed E-state index contributed by atoms with van der Waals surface area (Å²) in [6, 6.07) is 3.28. The second kappa shape index (κ2) is 8.57. The fraction of sp³-hybridized carbons (Fsp3) is 0.423. The number of amides is 2.